The van der Waals surface area contributed by atoms with Crippen molar-refractivity contribution in [3.63, 3.8) is 0 Å². The van der Waals surface area contributed by atoms with Crippen LogP contribution in [0.15, 0.2) is 35.3 Å². The highest BCUT2D eigenvalue weighted by Gasteiger charge is 1.99. The molecule has 0 aliphatic heterocycles. The molecule has 2 aromatic rings. The van der Waals surface area contributed by atoms with E-state index in [1.807, 2.05) is 12.1 Å². The minimum atomic E-state index is 0.548. The molecule has 1 heterocycles. The summed E-state index contributed by atoms with van der Waals surface area (Å²) in [7, 11) is 0. The summed E-state index contributed by atoms with van der Waals surface area (Å²) >= 11 is 3.17. The minimum Gasteiger partial charge on any atom is -0.238 e. The Morgan fingerprint density at radius 2 is 2.00 bits per heavy atom. The second kappa shape index (κ2) is 3.60. The van der Waals surface area contributed by atoms with Crippen LogP contribution in [0.1, 0.15) is 0 Å². The molecular formula is C9H5BrN4. The highest BCUT2D eigenvalue weighted by Crippen LogP contribution is 2.15. The first kappa shape index (κ1) is 8.91. The van der Waals surface area contributed by atoms with Crippen LogP contribution in [0, 0.1) is 6.57 Å². The molecule has 2 rings (SSSR count). The summed E-state index contributed by atoms with van der Waals surface area (Å²) < 4.78 is 2.18. The van der Waals surface area contributed by atoms with Gasteiger partial charge < -0.3 is 0 Å². The maximum absolute atomic E-state index is 6.81. The molecule has 0 atom stereocenters. The lowest BCUT2D eigenvalue weighted by Crippen LogP contribution is -1.93. The second-order valence-electron chi connectivity index (χ2n) is 2.59. The van der Waals surface area contributed by atoms with Gasteiger partial charge in [-0.1, -0.05) is 12.1 Å². The van der Waals surface area contributed by atoms with E-state index in [1.165, 1.54) is 0 Å². The van der Waals surface area contributed by atoms with Gasteiger partial charge in [-0.05, 0) is 28.1 Å². The van der Waals surface area contributed by atoms with Crippen molar-refractivity contribution in [2.75, 3.05) is 0 Å². The molecule has 1 aromatic carbocycles. The predicted molar refractivity (Wildman–Crippen MR) is 55.3 cm³/mol. The van der Waals surface area contributed by atoms with E-state index >= 15 is 0 Å². The van der Waals surface area contributed by atoms with E-state index in [1.54, 1.807) is 23.1 Å². The van der Waals surface area contributed by atoms with Gasteiger partial charge in [0.1, 0.15) is 6.33 Å². The summed E-state index contributed by atoms with van der Waals surface area (Å²) in [5, 5.41) is 4.08. The summed E-state index contributed by atoms with van der Waals surface area (Å²) in [5.41, 5.74) is 1.50. The fraction of sp³-hybridized carbons (Fsp3) is 0. The van der Waals surface area contributed by atoms with Crippen LogP contribution < -0.4 is 0 Å². The smallest absolute Gasteiger partial charge is 0.217 e. The summed E-state index contributed by atoms with van der Waals surface area (Å²) in [6.45, 7) is 6.81. The van der Waals surface area contributed by atoms with Crippen molar-refractivity contribution in [3.8, 4) is 5.69 Å². The lowest BCUT2D eigenvalue weighted by Gasteiger charge is -1.98. The van der Waals surface area contributed by atoms with E-state index in [4.69, 9.17) is 6.57 Å². The van der Waals surface area contributed by atoms with Crippen LogP contribution in [0.4, 0.5) is 5.69 Å². The summed E-state index contributed by atoms with van der Waals surface area (Å²) in [6, 6.07) is 7.15. The first-order valence-electron chi connectivity index (χ1n) is 3.84. The van der Waals surface area contributed by atoms with Gasteiger partial charge in [0.15, 0.2) is 5.69 Å². The summed E-state index contributed by atoms with van der Waals surface area (Å²) in [4.78, 5) is 7.25. The number of hydrogen-bond acceptors (Lipinski definition) is 2. The SMILES string of the molecule is [C-]#[N+]c1ccc(-n2cnc(Br)n2)cc1. The van der Waals surface area contributed by atoms with Crippen molar-refractivity contribution in [2.24, 2.45) is 0 Å². The number of benzene rings is 1. The van der Waals surface area contributed by atoms with E-state index in [9.17, 15) is 0 Å². The van der Waals surface area contributed by atoms with Gasteiger partial charge >= 0.3 is 0 Å². The molecule has 0 radical (unpaired) electrons. The van der Waals surface area contributed by atoms with Crippen LogP contribution in [0.2, 0.25) is 0 Å². The molecule has 1 aromatic heterocycles. The molecule has 68 valence electrons. The molecule has 4 nitrogen and oxygen atoms in total. The van der Waals surface area contributed by atoms with Crippen LogP contribution in [0.25, 0.3) is 10.5 Å². The standard InChI is InChI=1S/C9H5BrN4/c1-11-7-2-4-8(5-3-7)14-6-12-9(10)13-14/h2-6H. The monoisotopic (exact) mass is 248 g/mol. The average molecular weight is 249 g/mol. The predicted octanol–water partition coefficient (Wildman–Crippen LogP) is 2.58. The Morgan fingerprint density at radius 3 is 2.50 bits per heavy atom. The summed E-state index contributed by atoms with van der Waals surface area (Å²) in [5.74, 6) is 0. The van der Waals surface area contributed by atoms with Crippen molar-refractivity contribution in [1.29, 1.82) is 0 Å². The van der Waals surface area contributed by atoms with Crippen LogP contribution in [0.3, 0.4) is 0 Å². The molecule has 14 heavy (non-hydrogen) atoms. The topological polar surface area (TPSA) is 35.1 Å². The lowest BCUT2D eigenvalue weighted by atomic mass is 10.3. The largest absolute Gasteiger partial charge is 0.238 e. The Hall–Kier alpha value is -1.67. The highest BCUT2D eigenvalue weighted by molar-refractivity contribution is 9.10. The van der Waals surface area contributed by atoms with Crippen LogP contribution >= 0.6 is 15.9 Å². The molecule has 0 saturated carbocycles. The van der Waals surface area contributed by atoms with Gasteiger partial charge in [0, 0.05) is 0 Å². The van der Waals surface area contributed by atoms with Gasteiger partial charge in [0.05, 0.1) is 12.3 Å². The molecule has 0 aliphatic rings. The first-order valence-corrected chi connectivity index (χ1v) is 4.64. The number of nitrogens with zero attached hydrogens (tertiary/aromatic N) is 4. The maximum atomic E-state index is 6.81. The van der Waals surface area contributed by atoms with Crippen molar-refractivity contribution < 1.29 is 0 Å². The Labute approximate surface area is 89.2 Å². The minimum absolute atomic E-state index is 0.548. The van der Waals surface area contributed by atoms with Crippen LogP contribution in [-0.4, -0.2) is 14.8 Å². The molecule has 0 amide bonds. The molecule has 0 saturated heterocycles. The van der Waals surface area contributed by atoms with Crippen molar-refractivity contribution in [3.05, 3.63) is 46.7 Å². The Kier molecular flexibility index (Phi) is 2.29. The van der Waals surface area contributed by atoms with Crippen molar-refractivity contribution in [2.45, 2.75) is 0 Å². The normalized spacial score (nSPS) is 9.71. The van der Waals surface area contributed by atoms with Gasteiger partial charge in [-0.2, -0.15) is 0 Å². The molecule has 0 aliphatic carbocycles. The van der Waals surface area contributed by atoms with Gasteiger partial charge in [0.2, 0.25) is 4.73 Å². The highest BCUT2D eigenvalue weighted by atomic mass is 79.9. The van der Waals surface area contributed by atoms with E-state index in [-0.39, 0.29) is 0 Å². The van der Waals surface area contributed by atoms with Crippen molar-refractivity contribution in [1.82, 2.24) is 14.8 Å². The molecular weight excluding hydrogens is 244 g/mol. The van der Waals surface area contributed by atoms with Crippen LogP contribution in [0.5, 0.6) is 0 Å². The number of aromatic nitrogens is 3. The zero-order valence-electron chi connectivity index (χ0n) is 7.05. The van der Waals surface area contributed by atoms with Gasteiger partial charge in [-0.25, -0.2) is 14.5 Å². The van der Waals surface area contributed by atoms with Crippen molar-refractivity contribution >= 4 is 21.6 Å². The lowest BCUT2D eigenvalue weighted by molar-refractivity contribution is 0.870. The number of halogens is 1. The third-order valence-corrected chi connectivity index (χ3v) is 2.07. The van der Waals surface area contributed by atoms with Gasteiger partial charge in [-0.3, -0.25) is 0 Å². The van der Waals surface area contributed by atoms with Crippen LogP contribution in [-0.2, 0) is 0 Å². The Morgan fingerprint density at radius 1 is 1.29 bits per heavy atom. The number of rotatable bonds is 1. The average Bonchev–Trinajstić information content (AvgIpc) is 2.65. The molecule has 5 heteroatoms. The van der Waals surface area contributed by atoms with E-state index in [2.05, 4.69) is 30.9 Å². The van der Waals surface area contributed by atoms with Gasteiger partial charge in [-0.15, -0.1) is 5.10 Å². The third kappa shape index (κ3) is 1.65. The molecule has 0 N–H and O–H groups in total. The van der Waals surface area contributed by atoms with Gasteiger partial charge in [0.25, 0.3) is 0 Å². The third-order valence-electron chi connectivity index (χ3n) is 1.71. The zero-order chi connectivity index (χ0) is 9.97. The fourth-order valence-corrected chi connectivity index (χ4v) is 1.31. The first-order chi connectivity index (χ1) is 6.79. The molecule has 0 unspecified atom stereocenters. The van der Waals surface area contributed by atoms with E-state index in [0.29, 0.717) is 10.4 Å². The molecule has 0 fully saturated rings. The van der Waals surface area contributed by atoms with E-state index in [0.717, 1.165) is 5.69 Å². The fourth-order valence-electron chi connectivity index (χ4n) is 1.05. The van der Waals surface area contributed by atoms with E-state index < -0.39 is 0 Å². The quantitative estimate of drug-likeness (QED) is 0.728. The Bertz CT molecular complexity index is 480. The maximum Gasteiger partial charge on any atom is 0.217 e. The molecule has 0 spiro atoms. The Balaban J connectivity index is 2.39. The summed E-state index contributed by atoms with van der Waals surface area (Å²) in [6.07, 6.45) is 1.61. The zero-order valence-corrected chi connectivity index (χ0v) is 8.64. The molecule has 0 bridgehead atoms. The second-order valence-corrected chi connectivity index (χ2v) is 3.30. The number of hydrogen-bond donors (Lipinski definition) is 0.